The van der Waals surface area contributed by atoms with Gasteiger partial charge < -0.3 is 14.7 Å². The number of carbonyl (C=O) groups excluding carboxylic acids is 1. The van der Waals surface area contributed by atoms with Gasteiger partial charge in [0, 0.05) is 44.7 Å². The van der Waals surface area contributed by atoms with Crippen LogP contribution in [0.15, 0.2) is 53.1 Å². The van der Waals surface area contributed by atoms with Crippen LogP contribution >= 0.6 is 0 Å². The lowest BCUT2D eigenvalue weighted by Crippen LogP contribution is -2.23. The lowest BCUT2D eigenvalue weighted by molar-refractivity contribution is -0.121. The van der Waals surface area contributed by atoms with E-state index in [4.69, 9.17) is 4.52 Å². The summed E-state index contributed by atoms with van der Waals surface area (Å²) in [6.07, 6.45) is 0.732. The minimum Gasteiger partial charge on any atom is -0.378 e. The summed E-state index contributed by atoms with van der Waals surface area (Å²) in [7, 11) is 4.00. The molecule has 0 aliphatic carbocycles. The second kappa shape index (κ2) is 8.49. The van der Waals surface area contributed by atoms with Gasteiger partial charge in [-0.25, -0.2) is 0 Å². The molecule has 0 saturated heterocycles. The molecular weight excluding hydrogens is 340 g/mol. The highest BCUT2D eigenvalue weighted by Gasteiger charge is 2.10. The molecule has 0 saturated carbocycles. The number of carbonyl (C=O) groups is 1. The third-order valence-electron chi connectivity index (χ3n) is 4.29. The first kappa shape index (κ1) is 18.6. The standard InChI is InChI=1S/C21H24N4O2/c1-15-4-8-17(9-5-15)21-23-20(27-24-21)13-12-19(26)22-14-16-6-10-18(11-7-16)25(2)3/h4-11H,12-14H2,1-3H3,(H,22,26). The Kier molecular flexibility index (Phi) is 5.86. The van der Waals surface area contributed by atoms with Crippen LogP contribution in [0.5, 0.6) is 0 Å². The fraction of sp³-hybridized carbons (Fsp3) is 0.286. The molecule has 0 aliphatic rings. The minimum atomic E-state index is -0.0400. The third kappa shape index (κ3) is 5.17. The molecule has 0 bridgehead atoms. The topological polar surface area (TPSA) is 71.3 Å². The zero-order valence-electron chi connectivity index (χ0n) is 15.9. The predicted molar refractivity (Wildman–Crippen MR) is 105 cm³/mol. The number of amides is 1. The van der Waals surface area contributed by atoms with Crippen LogP contribution in [0.4, 0.5) is 5.69 Å². The molecule has 1 amide bonds. The van der Waals surface area contributed by atoms with E-state index in [0.29, 0.717) is 31.1 Å². The van der Waals surface area contributed by atoms with Gasteiger partial charge in [0.05, 0.1) is 0 Å². The summed E-state index contributed by atoms with van der Waals surface area (Å²) in [5.74, 6) is 0.976. The van der Waals surface area contributed by atoms with E-state index in [9.17, 15) is 4.79 Å². The summed E-state index contributed by atoms with van der Waals surface area (Å²) >= 11 is 0. The molecule has 0 spiro atoms. The second-order valence-corrected chi connectivity index (χ2v) is 6.72. The Hall–Kier alpha value is -3.15. The van der Waals surface area contributed by atoms with E-state index in [1.54, 1.807) is 0 Å². The lowest BCUT2D eigenvalue weighted by atomic mass is 10.1. The fourth-order valence-corrected chi connectivity index (χ4v) is 2.60. The van der Waals surface area contributed by atoms with E-state index in [-0.39, 0.29) is 5.91 Å². The maximum atomic E-state index is 12.1. The van der Waals surface area contributed by atoms with Crippen LogP contribution in [-0.2, 0) is 17.8 Å². The molecule has 6 nitrogen and oxygen atoms in total. The van der Waals surface area contributed by atoms with E-state index < -0.39 is 0 Å². The van der Waals surface area contributed by atoms with Crippen molar-refractivity contribution in [3.05, 3.63) is 65.5 Å². The molecule has 6 heteroatoms. The van der Waals surface area contributed by atoms with Gasteiger partial charge in [-0.2, -0.15) is 4.98 Å². The smallest absolute Gasteiger partial charge is 0.227 e. The van der Waals surface area contributed by atoms with Gasteiger partial charge in [-0.05, 0) is 24.6 Å². The van der Waals surface area contributed by atoms with Crippen LogP contribution in [0.2, 0.25) is 0 Å². The average molecular weight is 364 g/mol. The molecule has 3 aromatic rings. The Morgan fingerprint density at radius 1 is 1.07 bits per heavy atom. The fourth-order valence-electron chi connectivity index (χ4n) is 2.60. The minimum absolute atomic E-state index is 0.0400. The SMILES string of the molecule is Cc1ccc(-c2noc(CCC(=O)NCc3ccc(N(C)C)cc3)n2)cc1. The largest absolute Gasteiger partial charge is 0.378 e. The third-order valence-corrected chi connectivity index (χ3v) is 4.29. The average Bonchev–Trinajstić information content (AvgIpc) is 3.14. The van der Waals surface area contributed by atoms with Gasteiger partial charge in [-0.15, -0.1) is 0 Å². The van der Waals surface area contributed by atoms with Crippen molar-refractivity contribution in [2.45, 2.75) is 26.3 Å². The van der Waals surface area contributed by atoms with Crippen molar-refractivity contribution in [3.63, 3.8) is 0 Å². The normalized spacial score (nSPS) is 10.6. The second-order valence-electron chi connectivity index (χ2n) is 6.72. The Morgan fingerprint density at radius 3 is 2.44 bits per heavy atom. The van der Waals surface area contributed by atoms with E-state index in [2.05, 4.69) is 15.5 Å². The Balaban J connectivity index is 1.47. The lowest BCUT2D eigenvalue weighted by Gasteiger charge is -2.12. The maximum Gasteiger partial charge on any atom is 0.227 e. The molecular formula is C21H24N4O2. The molecule has 2 aromatic carbocycles. The first-order chi connectivity index (χ1) is 13.0. The van der Waals surface area contributed by atoms with Crippen molar-refractivity contribution in [2.24, 2.45) is 0 Å². The number of nitrogens with one attached hydrogen (secondary N) is 1. The first-order valence-electron chi connectivity index (χ1n) is 8.94. The van der Waals surface area contributed by atoms with Crippen molar-refractivity contribution in [3.8, 4) is 11.4 Å². The monoisotopic (exact) mass is 364 g/mol. The van der Waals surface area contributed by atoms with E-state index in [0.717, 1.165) is 16.8 Å². The van der Waals surface area contributed by atoms with E-state index >= 15 is 0 Å². The molecule has 140 valence electrons. The van der Waals surface area contributed by atoms with E-state index in [1.165, 1.54) is 5.56 Å². The van der Waals surface area contributed by atoms with Gasteiger partial charge in [-0.1, -0.05) is 47.1 Å². The Bertz CT molecular complexity index is 883. The number of aryl methyl sites for hydroxylation is 2. The molecule has 1 aromatic heterocycles. The van der Waals surface area contributed by atoms with Crippen molar-refractivity contribution in [1.82, 2.24) is 15.5 Å². The Labute approximate surface area is 159 Å². The number of rotatable bonds is 7. The van der Waals surface area contributed by atoms with Crippen molar-refractivity contribution < 1.29 is 9.32 Å². The highest BCUT2D eigenvalue weighted by atomic mass is 16.5. The van der Waals surface area contributed by atoms with Crippen LogP contribution in [0.25, 0.3) is 11.4 Å². The van der Waals surface area contributed by atoms with Crippen molar-refractivity contribution >= 4 is 11.6 Å². The van der Waals surface area contributed by atoms with Crippen LogP contribution in [0, 0.1) is 6.92 Å². The molecule has 0 fully saturated rings. The van der Waals surface area contributed by atoms with Crippen molar-refractivity contribution in [1.29, 1.82) is 0 Å². The maximum absolute atomic E-state index is 12.1. The molecule has 0 atom stereocenters. The zero-order chi connectivity index (χ0) is 19.2. The van der Waals surface area contributed by atoms with Gasteiger partial charge in [0.2, 0.25) is 17.6 Å². The molecule has 0 aliphatic heterocycles. The van der Waals surface area contributed by atoms with Gasteiger partial charge in [0.25, 0.3) is 0 Å². The van der Waals surface area contributed by atoms with Crippen LogP contribution in [-0.4, -0.2) is 30.1 Å². The number of benzene rings is 2. The zero-order valence-corrected chi connectivity index (χ0v) is 15.9. The molecule has 1 N–H and O–H groups in total. The summed E-state index contributed by atoms with van der Waals surface area (Å²) in [4.78, 5) is 18.5. The molecule has 0 unspecified atom stereocenters. The van der Waals surface area contributed by atoms with Gasteiger partial charge in [0.15, 0.2) is 0 Å². The molecule has 0 radical (unpaired) electrons. The summed E-state index contributed by atoms with van der Waals surface area (Å²) in [5.41, 5.74) is 4.27. The quantitative estimate of drug-likeness (QED) is 0.696. The number of nitrogens with zero attached hydrogens (tertiary/aromatic N) is 3. The first-order valence-corrected chi connectivity index (χ1v) is 8.94. The van der Waals surface area contributed by atoms with Crippen molar-refractivity contribution in [2.75, 3.05) is 19.0 Å². The number of anilines is 1. The van der Waals surface area contributed by atoms with Gasteiger partial charge in [0.1, 0.15) is 0 Å². The van der Waals surface area contributed by atoms with Crippen LogP contribution in [0.1, 0.15) is 23.4 Å². The van der Waals surface area contributed by atoms with Gasteiger partial charge >= 0.3 is 0 Å². The summed E-state index contributed by atoms with van der Waals surface area (Å²) in [5, 5.41) is 6.91. The highest BCUT2D eigenvalue weighted by Crippen LogP contribution is 2.17. The predicted octanol–water partition coefficient (Wildman–Crippen LogP) is 3.36. The van der Waals surface area contributed by atoms with E-state index in [1.807, 2.05) is 74.4 Å². The number of hydrogen-bond acceptors (Lipinski definition) is 5. The molecule has 3 rings (SSSR count). The summed E-state index contributed by atoms with van der Waals surface area (Å²) in [6, 6.07) is 16.0. The van der Waals surface area contributed by atoms with Crippen LogP contribution < -0.4 is 10.2 Å². The Morgan fingerprint density at radius 2 is 1.78 bits per heavy atom. The highest BCUT2D eigenvalue weighted by molar-refractivity contribution is 5.76. The molecule has 27 heavy (non-hydrogen) atoms. The van der Waals surface area contributed by atoms with Gasteiger partial charge in [-0.3, -0.25) is 4.79 Å². The summed E-state index contributed by atoms with van der Waals surface area (Å²) < 4.78 is 5.25. The number of hydrogen-bond donors (Lipinski definition) is 1. The van der Waals surface area contributed by atoms with Crippen LogP contribution in [0.3, 0.4) is 0 Å². The number of aromatic nitrogens is 2. The molecule has 1 heterocycles. The summed E-state index contributed by atoms with van der Waals surface area (Å²) in [6.45, 7) is 2.53.